The highest BCUT2D eigenvalue weighted by Crippen LogP contribution is 2.41. The van der Waals surface area contributed by atoms with E-state index in [0.717, 1.165) is 22.3 Å². The fraction of sp³-hybridized carbons (Fsp3) is 0.211. The number of rotatable bonds is 11. The average molecular weight is 589 g/mol. The van der Waals surface area contributed by atoms with E-state index in [1.807, 2.05) is 140 Å². The van der Waals surface area contributed by atoms with E-state index in [9.17, 15) is 10.2 Å². The number of hydrogen-bond donors (Lipinski definition) is 2. The van der Waals surface area contributed by atoms with Crippen LogP contribution in [0.2, 0.25) is 0 Å². The molecular formula is C38H36O6. The van der Waals surface area contributed by atoms with Crippen LogP contribution in [0.1, 0.15) is 22.3 Å². The highest BCUT2D eigenvalue weighted by Gasteiger charge is 2.48. The van der Waals surface area contributed by atoms with Crippen LogP contribution in [0, 0.1) is 0 Å². The van der Waals surface area contributed by atoms with Gasteiger partial charge in [-0.15, -0.1) is 0 Å². The Morgan fingerprint density at radius 3 is 1.52 bits per heavy atom. The van der Waals surface area contributed by atoms with Gasteiger partial charge >= 0.3 is 0 Å². The predicted octanol–water partition coefficient (Wildman–Crippen LogP) is 6.11. The van der Waals surface area contributed by atoms with Crippen molar-refractivity contribution in [3.05, 3.63) is 174 Å². The zero-order valence-electron chi connectivity index (χ0n) is 24.3. The quantitative estimate of drug-likeness (QED) is 0.182. The Bertz CT molecular complexity index is 1450. The van der Waals surface area contributed by atoms with Crippen LogP contribution in [0.4, 0.5) is 0 Å². The van der Waals surface area contributed by atoms with E-state index in [0.29, 0.717) is 5.75 Å². The molecule has 0 aliphatic carbocycles. The molecule has 0 amide bonds. The fourth-order valence-electron chi connectivity index (χ4n) is 5.70. The first kappa shape index (κ1) is 29.8. The third-order valence-electron chi connectivity index (χ3n) is 7.92. The molecule has 1 fully saturated rings. The van der Waals surface area contributed by atoms with Gasteiger partial charge in [-0.2, -0.15) is 0 Å². The molecule has 44 heavy (non-hydrogen) atoms. The van der Waals surface area contributed by atoms with Crippen LogP contribution in [0.5, 0.6) is 5.75 Å². The van der Waals surface area contributed by atoms with E-state index in [1.54, 1.807) is 12.1 Å². The molecule has 2 N–H and O–H groups in total. The van der Waals surface area contributed by atoms with Gasteiger partial charge in [0.1, 0.15) is 29.7 Å². The monoisotopic (exact) mass is 588 g/mol. The summed E-state index contributed by atoms with van der Waals surface area (Å²) in [5, 5.41) is 23.0. The van der Waals surface area contributed by atoms with E-state index in [1.165, 1.54) is 0 Å². The molecule has 1 aliphatic rings. The molecule has 1 heterocycles. The SMILES string of the molecule is O[C@@H]1[C@@H](OCc2ccccc2)O[C@H](COC(c2ccccc2)(c2ccccc2)c2ccccc2)[C@@H](O)[C@@H]1Oc1ccccc1. The van der Waals surface area contributed by atoms with E-state index < -0.39 is 36.3 Å². The van der Waals surface area contributed by atoms with Crippen molar-refractivity contribution in [2.24, 2.45) is 0 Å². The van der Waals surface area contributed by atoms with Crippen molar-refractivity contribution in [2.75, 3.05) is 6.61 Å². The zero-order chi connectivity index (χ0) is 30.2. The summed E-state index contributed by atoms with van der Waals surface area (Å²) in [4.78, 5) is 0. The predicted molar refractivity (Wildman–Crippen MR) is 168 cm³/mol. The molecule has 0 unspecified atom stereocenters. The first-order valence-electron chi connectivity index (χ1n) is 14.8. The first-order valence-corrected chi connectivity index (χ1v) is 14.8. The Morgan fingerprint density at radius 2 is 1.02 bits per heavy atom. The first-order chi connectivity index (χ1) is 21.6. The van der Waals surface area contributed by atoms with Crippen LogP contribution in [0.15, 0.2) is 152 Å². The Balaban J connectivity index is 1.34. The molecule has 0 spiro atoms. The van der Waals surface area contributed by atoms with Gasteiger partial charge in [-0.25, -0.2) is 0 Å². The third kappa shape index (κ3) is 6.45. The standard InChI is InChI=1S/C38H36O6/c39-34-33(44-37(41-26-28-16-6-1-7-17-28)35(40)36(34)43-32-24-14-5-15-25-32)27-42-38(29-18-8-2-9-19-29,30-20-10-3-11-21-30)31-22-12-4-13-23-31/h1-25,33-37,39-40H,26-27H2/t33-,34-,35+,36+,37+/m1/s1. The summed E-state index contributed by atoms with van der Waals surface area (Å²) in [6.07, 6.45) is -5.46. The van der Waals surface area contributed by atoms with Crippen LogP contribution < -0.4 is 4.74 Å². The molecule has 0 aromatic heterocycles. The Labute approximate surface area is 258 Å². The summed E-state index contributed by atoms with van der Waals surface area (Å²) in [7, 11) is 0. The topological polar surface area (TPSA) is 77.4 Å². The molecule has 224 valence electrons. The summed E-state index contributed by atoms with van der Waals surface area (Å²) in [5.41, 5.74) is 2.70. The molecule has 6 heteroatoms. The van der Waals surface area contributed by atoms with Crippen molar-refractivity contribution in [3.8, 4) is 5.75 Å². The summed E-state index contributed by atoms with van der Waals surface area (Å²) in [6.45, 7) is 0.193. The minimum absolute atomic E-state index is 0.0214. The van der Waals surface area contributed by atoms with E-state index >= 15 is 0 Å². The van der Waals surface area contributed by atoms with E-state index in [4.69, 9.17) is 18.9 Å². The molecule has 0 radical (unpaired) electrons. The molecule has 1 saturated heterocycles. The minimum atomic E-state index is -1.26. The van der Waals surface area contributed by atoms with Crippen molar-refractivity contribution >= 4 is 0 Å². The molecule has 5 aromatic rings. The highest BCUT2D eigenvalue weighted by molar-refractivity contribution is 5.47. The maximum absolute atomic E-state index is 11.6. The summed E-state index contributed by atoms with van der Waals surface area (Å²) in [5.74, 6) is 0.520. The van der Waals surface area contributed by atoms with Gasteiger partial charge < -0.3 is 29.2 Å². The summed E-state index contributed by atoms with van der Waals surface area (Å²) in [6, 6.07) is 48.8. The molecule has 6 rings (SSSR count). The maximum Gasteiger partial charge on any atom is 0.188 e. The second-order valence-electron chi connectivity index (χ2n) is 10.8. The second kappa shape index (κ2) is 14.0. The van der Waals surface area contributed by atoms with Crippen molar-refractivity contribution in [2.45, 2.75) is 42.9 Å². The van der Waals surface area contributed by atoms with Crippen molar-refractivity contribution in [1.82, 2.24) is 0 Å². The average Bonchev–Trinajstić information content (AvgIpc) is 3.09. The Morgan fingerprint density at radius 1 is 0.568 bits per heavy atom. The lowest BCUT2D eigenvalue weighted by Gasteiger charge is -2.44. The molecule has 6 nitrogen and oxygen atoms in total. The molecule has 0 bridgehead atoms. The summed E-state index contributed by atoms with van der Waals surface area (Å²) < 4.78 is 25.5. The van der Waals surface area contributed by atoms with Crippen LogP contribution in [0.25, 0.3) is 0 Å². The molecular weight excluding hydrogens is 552 g/mol. The smallest absolute Gasteiger partial charge is 0.188 e. The van der Waals surface area contributed by atoms with Gasteiger partial charge in [-0.05, 0) is 34.4 Å². The number of para-hydroxylation sites is 1. The van der Waals surface area contributed by atoms with Crippen molar-refractivity contribution in [3.63, 3.8) is 0 Å². The van der Waals surface area contributed by atoms with Gasteiger partial charge in [0.05, 0.1) is 13.2 Å². The molecule has 5 aromatic carbocycles. The van der Waals surface area contributed by atoms with Crippen molar-refractivity contribution < 1.29 is 29.2 Å². The Hall–Kier alpha value is -4.30. The van der Waals surface area contributed by atoms with Crippen LogP contribution in [-0.4, -0.2) is 47.5 Å². The van der Waals surface area contributed by atoms with E-state index in [2.05, 4.69) is 0 Å². The molecule has 1 aliphatic heterocycles. The third-order valence-corrected chi connectivity index (χ3v) is 7.92. The number of aliphatic hydroxyl groups is 2. The van der Waals surface area contributed by atoms with E-state index in [-0.39, 0.29) is 13.2 Å². The van der Waals surface area contributed by atoms with Gasteiger partial charge in [0.15, 0.2) is 12.4 Å². The van der Waals surface area contributed by atoms with Crippen LogP contribution in [0.3, 0.4) is 0 Å². The highest BCUT2D eigenvalue weighted by atomic mass is 16.7. The van der Waals surface area contributed by atoms with Crippen LogP contribution in [-0.2, 0) is 26.4 Å². The fourth-order valence-corrected chi connectivity index (χ4v) is 5.70. The van der Waals surface area contributed by atoms with Gasteiger partial charge in [0, 0.05) is 0 Å². The normalized spacial score (nSPS) is 21.9. The number of ether oxygens (including phenoxy) is 4. The lowest BCUT2D eigenvalue weighted by atomic mass is 9.80. The largest absolute Gasteiger partial charge is 0.485 e. The zero-order valence-corrected chi connectivity index (χ0v) is 24.3. The maximum atomic E-state index is 11.6. The Kier molecular flexibility index (Phi) is 9.46. The van der Waals surface area contributed by atoms with Crippen molar-refractivity contribution in [1.29, 1.82) is 0 Å². The number of aliphatic hydroxyl groups excluding tert-OH is 2. The second-order valence-corrected chi connectivity index (χ2v) is 10.8. The summed E-state index contributed by atoms with van der Waals surface area (Å²) >= 11 is 0. The van der Waals surface area contributed by atoms with Crippen LogP contribution >= 0.6 is 0 Å². The van der Waals surface area contributed by atoms with Gasteiger partial charge in [-0.3, -0.25) is 0 Å². The number of hydrogen-bond acceptors (Lipinski definition) is 6. The van der Waals surface area contributed by atoms with Gasteiger partial charge in [-0.1, -0.05) is 140 Å². The van der Waals surface area contributed by atoms with Gasteiger partial charge in [0.2, 0.25) is 0 Å². The number of benzene rings is 5. The van der Waals surface area contributed by atoms with Gasteiger partial charge in [0.25, 0.3) is 0 Å². The minimum Gasteiger partial charge on any atom is -0.485 e. The lowest BCUT2D eigenvalue weighted by Crippen LogP contribution is -2.61. The lowest BCUT2D eigenvalue weighted by molar-refractivity contribution is -0.304. The molecule has 5 atom stereocenters. The molecule has 0 saturated carbocycles.